The Morgan fingerprint density at radius 3 is 2.58 bits per heavy atom. The van der Waals surface area contributed by atoms with E-state index in [0.29, 0.717) is 5.56 Å². The number of aliphatic carboxylic acids is 1. The van der Waals surface area contributed by atoms with Crippen LogP contribution in [0.3, 0.4) is 0 Å². The Hall–Kier alpha value is -2.42. The first-order valence-electron chi connectivity index (χ1n) is 5.37. The van der Waals surface area contributed by atoms with Crippen molar-refractivity contribution in [3.63, 3.8) is 0 Å². The summed E-state index contributed by atoms with van der Waals surface area (Å²) in [6, 6.07) is -2.46. The van der Waals surface area contributed by atoms with Gasteiger partial charge in [-0.3, -0.25) is 14.3 Å². The molecule has 2 atom stereocenters. The molecule has 0 radical (unpaired) electrons. The number of nitrogens with two attached hydrogens (primary N) is 2. The highest BCUT2D eigenvalue weighted by Gasteiger charge is 2.26. The van der Waals surface area contributed by atoms with Gasteiger partial charge in [-0.2, -0.15) is 5.10 Å². The lowest BCUT2D eigenvalue weighted by Crippen LogP contribution is -2.46. The highest BCUT2D eigenvalue weighted by atomic mass is 16.4. The number of carboxylic acids is 1. The molecular weight excluding hydrogens is 254 g/mol. The Morgan fingerprint density at radius 2 is 2.16 bits per heavy atom. The van der Waals surface area contributed by atoms with Crippen LogP contribution in [0.1, 0.15) is 18.0 Å². The second-order valence-electron chi connectivity index (χ2n) is 3.99. The van der Waals surface area contributed by atoms with E-state index in [4.69, 9.17) is 16.6 Å². The highest BCUT2D eigenvalue weighted by Crippen LogP contribution is 2.09. The largest absolute Gasteiger partial charge is 0.480 e. The van der Waals surface area contributed by atoms with Crippen molar-refractivity contribution in [1.82, 2.24) is 15.1 Å². The molecule has 0 spiro atoms. The molecule has 1 heterocycles. The zero-order valence-corrected chi connectivity index (χ0v) is 10.2. The summed E-state index contributed by atoms with van der Waals surface area (Å²) in [5.41, 5.74) is 11.0. The summed E-state index contributed by atoms with van der Waals surface area (Å²) in [7, 11) is 1.65. The molecule has 0 saturated heterocycles. The Labute approximate surface area is 108 Å². The number of hydrogen-bond acceptors (Lipinski definition) is 5. The van der Waals surface area contributed by atoms with Gasteiger partial charge in [0.2, 0.25) is 11.8 Å². The smallest absolute Gasteiger partial charge is 0.326 e. The van der Waals surface area contributed by atoms with Crippen LogP contribution in [0.25, 0.3) is 0 Å². The number of carbonyl (C=O) groups is 3. The molecular formula is C10H15N5O4. The standard InChI is InChI=1S/C10H15N5O4/c1-15-4-5(3-13-15)8(12)9(17)14-6(10(18)19)2-7(11)16/h3-4,6,8H,2,12H2,1H3,(H2,11,16)(H,14,17)(H,18,19)/t6-,8?/m1/s1. The van der Waals surface area contributed by atoms with Crippen molar-refractivity contribution in [2.75, 3.05) is 0 Å². The third kappa shape index (κ3) is 4.07. The van der Waals surface area contributed by atoms with Gasteiger partial charge in [0.15, 0.2) is 0 Å². The van der Waals surface area contributed by atoms with Gasteiger partial charge in [-0.25, -0.2) is 4.79 Å². The van der Waals surface area contributed by atoms with Gasteiger partial charge in [0.1, 0.15) is 12.1 Å². The molecule has 9 heteroatoms. The van der Waals surface area contributed by atoms with Crippen molar-refractivity contribution in [3.8, 4) is 0 Å². The van der Waals surface area contributed by atoms with E-state index in [9.17, 15) is 14.4 Å². The average Bonchev–Trinajstić information content (AvgIpc) is 2.73. The molecule has 2 amide bonds. The fraction of sp³-hybridized carbons (Fsp3) is 0.400. The van der Waals surface area contributed by atoms with E-state index in [-0.39, 0.29) is 0 Å². The highest BCUT2D eigenvalue weighted by molar-refractivity contribution is 5.90. The summed E-state index contributed by atoms with van der Waals surface area (Å²) in [6.07, 6.45) is 2.43. The molecule has 104 valence electrons. The monoisotopic (exact) mass is 269 g/mol. The zero-order chi connectivity index (χ0) is 14.6. The summed E-state index contributed by atoms with van der Waals surface area (Å²) >= 11 is 0. The van der Waals surface area contributed by atoms with Crippen LogP contribution in [0, 0.1) is 0 Å². The van der Waals surface area contributed by atoms with Crippen molar-refractivity contribution >= 4 is 17.8 Å². The minimum atomic E-state index is -1.40. The Morgan fingerprint density at radius 1 is 1.53 bits per heavy atom. The maximum atomic E-state index is 11.8. The fourth-order valence-electron chi connectivity index (χ4n) is 1.41. The van der Waals surface area contributed by atoms with E-state index >= 15 is 0 Å². The topological polar surface area (TPSA) is 153 Å². The Bertz CT molecular complexity index is 498. The second-order valence-corrected chi connectivity index (χ2v) is 3.99. The first-order valence-corrected chi connectivity index (χ1v) is 5.37. The number of carboxylic acid groups (broad SMARTS) is 1. The molecule has 0 aliphatic heterocycles. The normalized spacial score (nSPS) is 13.6. The molecule has 0 bridgehead atoms. The molecule has 0 fully saturated rings. The summed E-state index contributed by atoms with van der Waals surface area (Å²) in [5, 5.41) is 14.9. The van der Waals surface area contributed by atoms with E-state index < -0.39 is 36.3 Å². The van der Waals surface area contributed by atoms with E-state index in [1.54, 1.807) is 7.05 Å². The Balaban J connectivity index is 2.71. The SMILES string of the molecule is Cn1cc(C(N)C(=O)N[C@H](CC(N)=O)C(=O)O)cn1. The van der Waals surface area contributed by atoms with E-state index in [0.717, 1.165) is 0 Å². The molecule has 1 aromatic heterocycles. The number of nitrogens with zero attached hydrogens (tertiary/aromatic N) is 2. The number of primary amides is 1. The van der Waals surface area contributed by atoms with Gasteiger partial charge in [0, 0.05) is 18.8 Å². The maximum Gasteiger partial charge on any atom is 0.326 e. The summed E-state index contributed by atoms with van der Waals surface area (Å²) in [6.45, 7) is 0. The first-order chi connectivity index (χ1) is 8.81. The van der Waals surface area contributed by atoms with Crippen LogP contribution in [0.5, 0.6) is 0 Å². The van der Waals surface area contributed by atoms with E-state index in [1.807, 2.05) is 0 Å². The van der Waals surface area contributed by atoms with Crippen LogP contribution in [-0.2, 0) is 21.4 Å². The van der Waals surface area contributed by atoms with Crippen molar-refractivity contribution in [2.24, 2.45) is 18.5 Å². The number of aryl methyl sites for hydroxylation is 1. The van der Waals surface area contributed by atoms with Crippen LogP contribution in [0.4, 0.5) is 0 Å². The van der Waals surface area contributed by atoms with Crippen molar-refractivity contribution in [3.05, 3.63) is 18.0 Å². The molecule has 1 aromatic rings. The van der Waals surface area contributed by atoms with Crippen LogP contribution >= 0.6 is 0 Å². The molecule has 9 nitrogen and oxygen atoms in total. The van der Waals surface area contributed by atoms with Gasteiger partial charge in [-0.1, -0.05) is 0 Å². The number of aromatic nitrogens is 2. The quantitative estimate of drug-likeness (QED) is 0.462. The lowest BCUT2D eigenvalue weighted by molar-refractivity contribution is -0.143. The predicted octanol–water partition coefficient (Wildman–Crippen LogP) is -2.14. The maximum absolute atomic E-state index is 11.8. The molecule has 1 unspecified atom stereocenters. The van der Waals surface area contributed by atoms with Gasteiger partial charge < -0.3 is 21.9 Å². The van der Waals surface area contributed by atoms with Crippen molar-refractivity contribution in [1.29, 1.82) is 0 Å². The van der Waals surface area contributed by atoms with Crippen molar-refractivity contribution in [2.45, 2.75) is 18.5 Å². The van der Waals surface area contributed by atoms with Gasteiger partial charge in [0.25, 0.3) is 0 Å². The summed E-state index contributed by atoms with van der Waals surface area (Å²) < 4.78 is 1.46. The molecule has 0 aliphatic carbocycles. The minimum Gasteiger partial charge on any atom is -0.480 e. The lowest BCUT2D eigenvalue weighted by atomic mass is 10.1. The molecule has 6 N–H and O–H groups in total. The van der Waals surface area contributed by atoms with Crippen LogP contribution in [0.15, 0.2) is 12.4 Å². The third-order valence-electron chi connectivity index (χ3n) is 2.39. The van der Waals surface area contributed by atoms with E-state index in [2.05, 4.69) is 10.4 Å². The van der Waals surface area contributed by atoms with E-state index in [1.165, 1.54) is 17.1 Å². The minimum absolute atomic E-state index is 0.434. The number of nitrogens with one attached hydrogen (secondary N) is 1. The fourth-order valence-corrected chi connectivity index (χ4v) is 1.41. The summed E-state index contributed by atoms with van der Waals surface area (Å²) in [5.74, 6) is -2.91. The van der Waals surface area contributed by atoms with Crippen LogP contribution in [0.2, 0.25) is 0 Å². The second kappa shape index (κ2) is 5.96. The molecule has 1 rings (SSSR count). The number of rotatable bonds is 6. The van der Waals surface area contributed by atoms with Crippen LogP contribution in [-0.4, -0.2) is 38.7 Å². The Kier molecular flexibility index (Phi) is 4.59. The molecule has 19 heavy (non-hydrogen) atoms. The predicted molar refractivity (Wildman–Crippen MR) is 63.5 cm³/mol. The van der Waals surface area contributed by atoms with Gasteiger partial charge in [0.05, 0.1) is 12.6 Å². The number of amides is 2. The van der Waals surface area contributed by atoms with Crippen LogP contribution < -0.4 is 16.8 Å². The van der Waals surface area contributed by atoms with Crippen molar-refractivity contribution < 1.29 is 19.5 Å². The lowest BCUT2D eigenvalue weighted by Gasteiger charge is -2.15. The number of carbonyl (C=O) groups excluding carboxylic acids is 2. The van der Waals surface area contributed by atoms with Gasteiger partial charge in [-0.15, -0.1) is 0 Å². The number of hydrogen-bond donors (Lipinski definition) is 4. The van der Waals surface area contributed by atoms with Gasteiger partial charge in [-0.05, 0) is 0 Å². The first kappa shape index (κ1) is 14.6. The zero-order valence-electron chi connectivity index (χ0n) is 10.2. The molecule has 0 aliphatic rings. The summed E-state index contributed by atoms with van der Waals surface area (Å²) in [4.78, 5) is 33.3. The molecule has 0 saturated carbocycles. The van der Waals surface area contributed by atoms with Gasteiger partial charge >= 0.3 is 5.97 Å². The molecule has 0 aromatic carbocycles. The average molecular weight is 269 g/mol. The third-order valence-corrected chi connectivity index (χ3v) is 2.39.